The van der Waals surface area contributed by atoms with Gasteiger partial charge >= 0.3 is 0 Å². The molecular weight excluding hydrogens is 338 g/mol. The number of hydrogen-bond donors (Lipinski definition) is 1. The van der Waals surface area contributed by atoms with Crippen LogP contribution in [0.4, 0.5) is 0 Å². The molecule has 2 N–H and O–H groups in total. The number of halogens is 2. The molecular formula is C15H13BrClN3. The van der Waals surface area contributed by atoms with Gasteiger partial charge in [0.15, 0.2) is 0 Å². The fourth-order valence-corrected chi connectivity index (χ4v) is 2.74. The fraction of sp³-hybridized carbons (Fsp3) is 0.133. The topological polar surface area (TPSA) is 43.3 Å². The Hall–Kier alpha value is -1.36. The third-order valence-corrected chi connectivity index (χ3v) is 4.20. The number of nitrogens with two attached hydrogens (primary N) is 1. The number of hydrogen-bond acceptors (Lipinski definition) is 2. The van der Waals surface area contributed by atoms with Gasteiger partial charge in [0.1, 0.15) is 5.65 Å². The molecule has 0 atom stereocenters. The second-order valence-corrected chi connectivity index (χ2v) is 5.97. The van der Waals surface area contributed by atoms with E-state index in [9.17, 15) is 0 Å². The molecule has 0 amide bonds. The van der Waals surface area contributed by atoms with Gasteiger partial charge in [-0.3, -0.25) is 0 Å². The third-order valence-electron chi connectivity index (χ3n) is 3.31. The zero-order valence-corrected chi connectivity index (χ0v) is 13.2. The van der Waals surface area contributed by atoms with Gasteiger partial charge in [0.25, 0.3) is 0 Å². The Bertz CT molecular complexity index is 795. The summed E-state index contributed by atoms with van der Waals surface area (Å²) in [5.74, 6) is 0. The summed E-state index contributed by atoms with van der Waals surface area (Å²) in [5.41, 5.74) is 10.8. The number of aromatic nitrogens is 2. The summed E-state index contributed by atoms with van der Waals surface area (Å²) >= 11 is 9.56. The third kappa shape index (κ3) is 2.24. The van der Waals surface area contributed by atoms with Gasteiger partial charge in [0.2, 0.25) is 0 Å². The maximum absolute atomic E-state index is 6.08. The monoisotopic (exact) mass is 349 g/mol. The predicted molar refractivity (Wildman–Crippen MR) is 86.0 cm³/mol. The van der Waals surface area contributed by atoms with Crippen molar-refractivity contribution in [3.05, 3.63) is 57.3 Å². The summed E-state index contributed by atoms with van der Waals surface area (Å²) in [5, 5.41) is 0.759. The van der Waals surface area contributed by atoms with E-state index in [1.54, 1.807) is 0 Å². The first-order chi connectivity index (χ1) is 9.60. The van der Waals surface area contributed by atoms with Crippen molar-refractivity contribution in [2.45, 2.75) is 13.5 Å². The summed E-state index contributed by atoms with van der Waals surface area (Å²) < 4.78 is 3.01. The van der Waals surface area contributed by atoms with Gasteiger partial charge in [-0.2, -0.15) is 0 Å². The average Bonchev–Trinajstić information content (AvgIpc) is 2.79. The van der Waals surface area contributed by atoms with E-state index in [-0.39, 0.29) is 0 Å². The molecule has 3 nitrogen and oxygen atoms in total. The number of nitrogens with zero attached hydrogens (tertiary/aromatic N) is 2. The van der Waals surface area contributed by atoms with Crippen molar-refractivity contribution >= 4 is 33.2 Å². The van der Waals surface area contributed by atoms with Crippen LogP contribution in [-0.4, -0.2) is 9.38 Å². The van der Waals surface area contributed by atoms with Crippen molar-refractivity contribution in [2.75, 3.05) is 0 Å². The van der Waals surface area contributed by atoms with Gasteiger partial charge in [-0.05, 0) is 52.7 Å². The Morgan fingerprint density at radius 3 is 2.80 bits per heavy atom. The van der Waals surface area contributed by atoms with Crippen molar-refractivity contribution in [1.82, 2.24) is 9.38 Å². The Morgan fingerprint density at radius 1 is 1.30 bits per heavy atom. The van der Waals surface area contributed by atoms with Gasteiger partial charge in [-0.25, -0.2) is 4.98 Å². The van der Waals surface area contributed by atoms with Crippen LogP contribution < -0.4 is 5.73 Å². The SMILES string of the molecule is Cc1cc(-c2nc3ccc(Br)cn3c2CN)ccc1Cl. The van der Waals surface area contributed by atoms with Crippen molar-refractivity contribution in [3.8, 4) is 11.3 Å². The first kappa shape index (κ1) is 13.6. The highest BCUT2D eigenvalue weighted by molar-refractivity contribution is 9.10. The van der Waals surface area contributed by atoms with Crippen LogP contribution in [0.1, 0.15) is 11.3 Å². The highest BCUT2D eigenvalue weighted by atomic mass is 79.9. The Balaban J connectivity index is 2.27. The lowest BCUT2D eigenvalue weighted by molar-refractivity contribution is 0.959. The molecule has 3 rings (SSSR count). The van der Waals surface area contributed by atoms with Crippen LogP contribution >= 0.6 is 27.5 Å². The molecule has 0 saturated carbocycles. The smallest absolute Gasteiger partial charge is 0.137 e. The minimum absolute atomic E-state index is 0.425. The summed E-state index contributed by atoms with van der Waals surface area (Å²) in [6, 6.07) is 9.85. The molecule has 1 aromatic carbocycles. The largest absolute Gasteiger partial charge is 0.325 e. The van der Waals surface area contributed by atoms with Gasteiger partial charge < -0.3 is 10.1 Å². The van der Waals surface area contributed by atoms with Crippen LogP contribution in [0.2, 0.25) is 5.02 Å². The number of pyridine rings is 1. The molecule has 2 aromatic heterocycles. The molecule has 0 aliphatic heterocycles. The van der Waals surface area contributed by atoms with E-state index in [0.717, 1.165) is 37.7 Å². The molecule has 0 radical (unpaired) electrons. The molecule has 2 heterocycles. The first-order valence-electron chi connectivity index (χ1n) is 6.23. The normalized spacial score (nSPS) is 11.2. The van der Waals surface area contributed by atoms with Gasteiger partial charge in [-0.1, -0.05) is 17.7 Å². The standard InChI is InChI=1S/C15H13BrClN3/c1-9-6-10(2-4-12(9)17)15-13(7-18)20-8-11(16)3-5-14(20)19-15/h2-6,8H,7,18H2,1H3. The summed E-state index contributed by atoms with van der Waals surface area (Å²) in [6.07, 6.45) is 1.98. The first-order valence-corrected chi connectivity index (χ1v) is 7.40. The Kier molecular flexibility index (Phi) is 3.54. The molecule has 0 fully saturated rings. The highest BCUT2D eigenvalue weighted by Crippen LogP contribution is 2.28. The molecule has 0 aliphatic carbocycles. The minimum atomic E-state index is 0.425. The maximum Gasteiger partial charge on any atom is 0.137 e. The number of rotatable bonds is 2. The second kappa shape index (κ2) is 5.20. The van der Waals surface area contributed by atoms with Crippen LogP contribution in [0.3, 0.4) is 0 Å². The predicted octanol–water partition coefficient (Wildman–Crippen LogP) is 4.18. The molecule has 0 unspecified atom stereocenters. The summed E-state index contributed by atoms with van der Waals surface area (Å²) in [6.45, 7) is 2.41. The summed E-state index contributed by atoms with van der Waals surface area (Å²) in [4.78, 5) is 4.68. The molecule has 0 spiro atoms. The van der Waals surface area contributed by atoms with E-state index in [1.807, 2.05) is 47.9 Å². The quantitative estimate of drug-likeness (QED) is 0.753. The van der Waals surface area contributed by atoms with Gasteiger partial charge in [0.05, 0.1) is 11.4 Å². The van der Waals surface area contributed by atoms with Crippen molar-refractivity contribution < 1.29 is 0 Å². The number of imidazole rings is 1. The van der Waals surface area contributed by atoms with Crippen LogP contribution in [0, 0.1) is 6.92 Å². The molecule has 20 heavy (non-hydrogen) atoms. The zero-order chi connectivity index (χ0) is 14.3. The van der Waals surface area contributed by atoms with Gasteiger partial charge in [0, 0.05) is 27.8 Å². The van der Waals surface area contributed by atoms with Crippen molar-refractivity contribution in [3.63, 3.8) is 0 Å². The summed E-state index contributed by atoms with van der Waals surface area (Å²) in [7, 11) is 0. The highest BCUT2D eigenvalue weighted by Gasteiger charge is 2.13. The van der Waals surface area contributed by atoms with Crippen LogP contribution in [0.5, 0.6) is 0 Å². The zero-order valence-electron chi connectivity index (χ0n) is 10.9. The van der Waals surface area contributed by atoms with Gasteiger partial charge in [-0.15, -0.1) is 0 Å². The number of fused-ring (bicyclic) bond motifs is 1. The molecule has 102 valence electrons. The van der Waals surface area contributed by atoms with Crippen LogP contribution in [0.15, 0.2) is 41.0 Å². The number of benzene rings is 1. The molecule has 0 aliphatic rings. The number of aryl methyl sites for hydroxylation is 1. The molecule has 3 aromatic rings. The van der Waals surface area contributed by atoms with Crippen LogP contribution in [-0.2, 0) is 6.54 Å². The lowest BCUT2D eigenvalue weighted by Gasteiger charge is -2.05. The minimum Gasteiger partial charge on any atom is -0.325 e. The molecule has 0 bridgehead atoms. The van der Waals surface area contributed by atoms with Crippen molar-refractivity contribution in [2.24, 2.45) is 5.73 Å². The van der Waals surface area contributed by atoms with E-state index in [2.05, 4.69) is 20.9 Å². The maximum atomic E-state index is 6.08. The van der Waals surface area contributed by atoms with E-state index >= 15 is 0 Å². The van der Waals surface area contributed by atoms with E-state index in [0.29, 0.717) is 6.54 Å². The lowest BCUT2D eigenvalue weighted by atomic mass is 10.1. The van der Waals surface area contributed by atoms with E-state index < -0.39 is 0 Å². The average molecular weight is 351 g/mol. The van der Waals surface area contributed by atoms with Crippen molar-refractivity contribution in [1.29, 1.82) is 0 Å². The van der Waals surface area contributed by atoms with Crippen LogP contribution in [0.25, 0.3) is 16.9 Å². The Labute approximate surface area is 130 Å². The Morgan fingerprint density at radius 2 is 2.10 bits per heavy atom. The fourth-order valence-electron chi connectivity index (χ4n) is 2.29. The van der Waals surface area contributed by atoms with E-state index in [4.69, 9.17) is 17.3 Å². The molecule has 5 heteroatoms. The second-order valence-electron chi connectivity index (χ2n) is 4.65. The lowest BCUT2D eigenvalue weighted by Crippen LogP contribution is -2.02. The van der Waals surface area contributed by atoms with E-state index in [1.165, 1.54) is 0 Å². The molecule has 0 saturated heterocycles.